The van der Waals surface area contributed by atoms with E-state index < -0.39 is 5.60 Å². The van der Waals surface area contributed by atoms with Crippen LogP contribution in [0.5, 0.6) is 11.8 Å². The van der Waals surface area contributed by atoms with Gasteiger partial charge in [-0.2, -0.15) is 10.1 Å². The van der Waals surface area contributed by atoms with Crippen molar-refractivity contribution in [1.82, 2.24) is 24.6 Å². The molecule has 2 aromatic heterocycles. The number of benzene rings is 3. The second kappa shape index (κ2) is 15.0. The quantitative estimate of drug-likeness (QED) is 0.159. The number of amides is 1. The highest BCUT2D eigenvalue weighted by molar-refractivity contribution is 6.01. The number of anilines is 1. The molecule has 1 unspecified atom stereocenters. The molecule has 51 heavy (non-hydrogen) atoms. The highest BCUT2D eigenvalue weighted by Crippen LogP contribution is 2.39. The highest BCUT2D eigenvalue weighted by atomic mass is 16.6. The molecule has 2 aliphatic rings. The third-order valence-corrected chi connectivity index (χ3v) is 9.60. The molecule has 1 amide bonds. The molecular formula is C41H48N6O4. The number of hydrogen-bond acceptors (Lipinski definition) is 8. The SMILES string of the molecule is Cn1nc(-c2ccc(OCc3ccccc3)nc2OCc2ccccc2)c2cccc(N3CCCC(N4CCN(C(=O)OC(C)(C)C)CC4)C3)c21. The lowest BCUT2D eigenvalue weighted by Crippen LogP contribution is -2.56. The van der Waals surface area contributed by atoms with Crippen LogP contribution in [0.3, 0.4) is 0 Å². The molecule has 0 radical (unpaired) electrons. The Balaban J connectivity index is 1.12. The molecule has 2 saturated heterocycles. The summed E-state index contributed by atoms with van der Waals surface area (Å²) >= 11 is 0. The minimum atomic E-state index is -0.488. The van der Waals surface area contributed by atoms with Crippen LogP contribution in [-0.2, 0) is 25.0 Å². The van der Waals surface area contributed by atoms with E-state index in [1.54, 1.807) is 0 Å². The van der Waals surface area contributed by atoms with Crippen LogP contribution in [0.15, 0.2) is 91.0 Å². The second-order valence-electron chi connectivity index (χ2n) is 14.4. The van der Waals surface area contributed by atoms with Crippen molar-refractivity contribution in [3.8, 4) is 23.0 Å². The fourth-order valence-electron chi connectivity index (χ4n) is 7.09. The molecular weight excluding hydrogens is 640 g/mol. The first-order chi connectivity index (χ1) is 24.7. The van der Waals surface area contributed by atoms with Crippen molar-refractivity contribution in [3.05, 3.63) is 102 Å². The topological polar surface area (TPSA) is 85.2 Å². The van der Waals surface area contributed by atoms with Crippen molar-refractivity contribution in [2.24, 2.45) is 7.05 Å². The summed E-state index contributed by atoms with van der Waals surface area (Å²) in [4.78, 5) is 24.4. The van der Waals surface area contributed by atoms with Crippen molar-refractivity contribution in [2.45, 2.75) is 58.5 Å². The van der Waals surface area contributed by atoms with Crippen LogP contribution in [0, 0.1) is 0 Å². The van der Waals surface area contributed by atoms with Gasteiger partial charge in [0.15, 0.2) is 0 Å². The summed E-state index contributed by atoms with van der Waals surface area (Å²) in [6, 6.07) is 31.0. The summed E-state index contributed by atoms with van der Waals surface area (Å²) in [6.45, 7) is 11.5. The van der Waals surface area contributed by atoms with Gasteiger partial charge in [0, 0.05) is 63.8 Å². The van der Waals surface area contributed by atoms with Crippen molar-refractivity contribution >= 4 is 22.7 Å². The summed E-state index contributed by atoms with van der Waals surface area (Å²) in [5.41, 5.74) is 5.54. The van der Waals surface area contributed by atoms with Gasteiger partial charge >= 0.3 is 6.09 Å². The predicted molar refractivity (Wildman–Crippen MR) is 200 cm³/mol. The van der Waals surface area contributed by atoms with Gasteiger partial charge < -0.3 is 24.0 Å². The van der Waals surface area contributed by atoms with E-state index in [2.05, 4.69) is 28.0 Å². The van der Waals surface area contributed by atoms with Gasteiger partial charge in [-0.1, -0.05) is 72.8 Å². The number of rotatable bonds is 9. The van der Waals surface area contributed by atoms with Gasteiger partial charge in [0.05, 0.1) is 16.8 Å². The molecule has 4 heterocycles. The zero-order valence-electron chi connectivity index (χ0n) is 30.1. The third kappa shape index (κ3) is 8.12. The van der Waals surface area contributed by atoms with Gasteiger partial charge in [-0.05, 0) is 56.9 Å². The maximum absolute atomic E-state index is 12.7. The molecule has 7 rings (SSSR count). The van der Waals surface area contributed by atoms with E-state index in [0.29, 0.717) is 44.1 Å². The standard InChI is InChI=1S/C41H48N6O4/c1-41(2,3)51-40(48)46-25-23-45(24-26-46)32-17-12-22-47(27-32)35-19-11-18-33-37(43-44(4)38(33)35)34-20-21-36(49-28-30-13-7-5-8-14-30)42-39(34)50-29-31-15-9-6-10-16-31/h5-11,13-16,18-21,32H,12,17,22-29H2,1-4H3. The number of piperazine rings is 1. The number of pyridine rings is 1. The molecule has 0 saturated carbocycles. The fraction of sp³-hybridized carbons (Fsp3) is 0.390. The van der Waals surface area contributed by atoms with E-state index in [0.717, 1.165) is 72.3 Å². The lowest BCUT2D eigenvalue weighted by Gasteiger charge is -2.44. The van der Waals surface area contributed by atoms with Crippen molar-refractivity contribution in [2.75, 3.05) is 44.2 Å². The minimum absolute atomic E-state index is 0.218. The Kier molecular flexibility index (Phi) is 10.1. The van der Waals surface area contributed by atoms with Crippen LogP contribution in [0.1, 0.15) is 44.7 Å². The number of piperidine rings is 1. The van der Waals surface area contributed by atoms with Gasteiger partial charge in [0.1, 0.15) is 24.5 Å². The maximum Gasteiger partial charge on any atom is 0.410 e. The van der Waals surface area contributed by atoms with Crippen LogP contribution in [0.4, 0.5) is 10.5 Å². The van der Waals surface area contributed by atoms with Crippen LogP contribution in [0.2, 0.25) is 0 Å². The molecule has 0 aliphatic carbocycles. The summed E-state index contributed by atoms with van der Waals surface area (Å²) in [5, 5.41) is 6.13. The molecule has 5 aromatic rings. The number of hydrogen-bond donors (Lipinski definition) is 0. The number of nitrogens with zero attached hydrogens (tertiary/aromatic N) is 6. The number of aromatic nitrogens is 3. The second-order valence-corrected chi connectivity index (χ2v) is 14.4. The molecule has 10 heteroatoms. The molecule has 10 nitrogen and oxygen atoms in total. The summed E-state index contributed by atoms with van der Waals surface area (Å²) in [7, 11) is 2.02. The van der Waals surface area contributed by atoms with Gasteiger partial charge in [0.25, 0.3) is 0 Å². The summed E-state index contributed by atoms with van der Waals surface area (Å²) < 4.78 is 20.1. The lowest BCUT2D eigenvalue weighted by molar-refractivity contribution is 0.00959. The average Bonchev–Trinajstić information content (AvgIpc) is 3.49. The summed E-state index contributed by atoms with van der Waals surface area (Å²) in [6.07, 6.45) is 2.02. The molecule has 0 spiro atoms. The molecule has 2 aliphatic heterocycles. The zero-order chi connectivity index (χ0) is 35.4. The smallest absolute Gasteiger partial charge is 0.410 e. The lowest BCUT2D eigenvalue weighted by atomic mass is 10.0. The third-order valence-electron chi connectivity index (χ3n) is 9.60. The van der Waals surface area contributed by atoms with Crippen molar-refractivity contribution in [1.29, 1.82) is 0 Å². The summed E-state index contributed by atoms with van der Waals surface area (Å²) in [5.74, 6) is 0.983. The Morgan fingerprint density at radius 3 is 2.18 bits per heavy atom. The van der Waals surface area contributed by atoms with Crippen molar-refractivity contribution < 1.29 is 19.0 Å². The van der Waals surface area contributed by atoms with E-state index in [4.69, 9.17) is 24.3 Å². The first-order valence-electron chi connectivity index (χ1n) is 18.0. The fourth-order valence-corrected chi connectivity index (χ4v) is 7.09. The predicted octanol–water partition coefficient (Wildman–Crippen LogP) is 7.31. The van der Waals surface area contributed by atoms with Crippen molar-refractivity contribution in [3.63, 3.8) is 0 Å². The largest absolute Gasteiger partial charge is 0.473 e. The molecule has 2 fully saturated rings. The molecule has 0 N–H and O–H groups in total. The van der Waals surface area contributed by atoms with E-state index in [1.165, 1.54) is 5.69 Å². The minimum Gasteiger partial charge on any atom is -0.473 e. The van der Waals surface area contributed by atoms with Gasteiger partial charge in [-0.25, -0.2) is 4.79 Å². The molecule has 3 aromatic carbocycles. The Hall–Kier alpha value is -5.09. The molecule has 0 bridgehead atoms. The van der Waals surface area contributed by atoms with Crippen LogP contribution in [-0.4, -0.2) is 81.6 Å². The zero-order valence-corrected chi connectivity index (χ0v) is 30.1. The van der Waals surface area contributed by atoms with Crippen LogP contribution < -0.4 is 14.4 Å². The number of aryl methyl sites for hydroxylation is 1. The Morgan fingerprint density at radius 2 is 1.49 bits per heavy atom. The van der Waals surface area contributed by atoms with Crippen LogP contribution >= 0.6 is 0 Å². The average molecular weight is 689 g/mol. The molecule has 1 atom stereocenters. The Labute approximate surface area is 300 Å². The Morgan fingerprint density at radius 1 is 0.804 bits per heavy atom. The van der Waals surface area contributed by atoms with Gasteiger partial charge in [-0.3, -0.25) is 9.58 Å². The number of carbonyl (C=O) groups is 1. The van der Waals surface area contributed by atoms with E-state index >= 15 is 0 Å². The van der Waals surface area contributed by atoms with E-state index in [1.807, 2.05) is 110 Å². The van der Waals surface area contributed by atoms with E-state index in [9.17, 15) is 4.79 Å². The maximum atomic E-state index is 12.7. The first kappa shape index (κ1) is 34.4. The van der Waals surface area contributed by atoms with Crippen LogP contribution in [0.25, 0.3) is 22.2 Å². The number of fused-ring (bicyclic) bond motifs is 1. The Bertz CT molecular complexity index is 1930. The molecule has 266 valence electrons. The van der Waals surface area contributed by atoms with Gasteiger partial charge in [0.2, 0.25) is 11.8 Å². The van der Waals surface area contributed by atoms with E-state index in [-0.39, 0.29) is 6.09 Å². The first-order valence-corrected chi connectivity index (χ1v) is 18.0. The highest BCUT2D eigenvalue weighted by Gasteiger charge is 2.32. The number of para-hydroxylation sites is 1. The number of ether oxygens (including phenoxy) is 3. The van der Waals surface area contributed by atoms with Gasteiger partial charge in [-0.15, -0.1) is 0 Å². The normalized spacial score (nSPS) is 17.1. The monoisotopic (exact) mass is 688 g/mol. The number of carbonyl (C=O) groups excluding carboxylic acids is 1.